The molecule has 0 aromatic heterocycles. The molecule has 2 rings (SSSR count). The summed E-state index contributed by atoms with van der Waals surface area (Å²) in [5.41, 5.74) is 0. The summed E-state index contributed by atoms with van der Waals surface area (Å²) in [7, 11) is 0. The Morgan fingerprint density at radius 2 is 1.80 bits per heavy atom. The van der Waals surface area contributed by atoms with Gasteiger partial charge in [-0.25, -0.2) is 0 Å². The lowest BCUT2D eigenvalue weighted by Gasteiger charge is -2.30. The van der Waals surface area contributed by atoms with Gasteiger partial charge in [0.2, 0.25) is 0 Å². The molecule has 0 aromatic carbocycles. The predicted molar refractivity (Wildman–Crippen MR) is 45.6 cm³/mol. The van der Waals surface area contributed by atoms with Crippen LogP contribution in [-0.4, -0.2) is 13.1 Å². The van der Waals surface area contributed by atoms with Crippen LogP contribution in [0.2, 0.25) is 0 Å². The minimum absolute atomic E-state index is 0. The van der Waals surface area contributed by atoms with Crippen LogP contribution in [-0.2, 0) is 0 Å². The van der Waals surface area contributed by atoms with Crippen LogP contribution in [0.3, 0.4) is 0 Å². The Morgan fingerprint density at radius 3 is 2.20 bits per heavy atom. The molecule has 2 heteroatoms. The van der Waals surface area contributed by atoms with Crippen molar-refractivity contribution in [2.24, 2.45) is 11.8 Å². The van der Waals surface area contributed by atoms with Crippen LogP contribution in [0, 0.1) is 11.8 Å². The van der Waals surface area contributed by atoms with E-state index in [0.29, 0.717) is 0 Å². The van der Waals surface area contributed by atoms with Gasteiger partial charge in [0.1, 0.15) is 0 Å². The summed E-state index contributed by atoms with van der Waals surface area (Å²) in [5, 5.41) is 3.42. The monoisotopic (exact) mass is 161 g/mol. The zero-order chi connectivity index (χ0) is 6.10. The Labute approximate surface area is 69.0 Å². The first-order chi connectivity index (χ1) is 4.47. The van der Waals surface area contributed by atoms with Gasteiger partial charge in [-0.05, 0) is 31.3 Å². The molecule has 2 fully saturated rings. The number of halogens is 1. The molecule has 1 saturated heterocycles. The first kappa shape index (κ1) is 8.35. The Kier molecular flexibility index (Phi) is 2.99. The van der Waals surface area contributed by atoms with Gasteiger partial charge in [0, 0.05) is 0 Å². The van der Waals surface area contributed by atoms with Crippen molar-refractivity contribution < 1.29 is 0 Å². The first-order valence-corrected chi connectivity index (χ1v) is 4.17. The van der Waals surface area contributed by atoms with E-state index in [1.54, 1.807) is 0 Å². The maximum Gasteiger partial charge on any atom is -0.00174 e. The van der Waals surface area contributed by atoms with Gasteiger partial charge in [0.05, 0.1) is 0 Å². The van der Waals surface area contributed by atoms with Crippen LogP contribution in [0.4, 0.5) is 0 Å². The van der Waals surface area contributed by atoms with Gasteiger partial charge < -0.3 is 5.32 Å². The van der Waals surface area contributed by atoms with Gasteiger partial charge in [-0.3, -0.25) is 0 Å². The second-order valence-corrected chi connectivity index (χ2v) is 3.44. The second-order valence-electron chi connectivity index (χ2n) is 3.44. The van der Waals surface area contributed by atoms with E-state index >= 15 is 0 Å². The molecule has 1 N–H and O–H groups in total. The largest absolute Gasteiger partial charge is 0.316 e. The third-order valence-electron chi connectivity index (χ3n) is 2.91. The van der Waals surface area contributed by atoms with Crippen molar-refractivity contribution in [3.05, 3.63) is 0 Å². The highest BCUT2D eigenvalue weighted by Crippen LogP contribution is 2.35. The summed E-state index contributed by atoms with van der Waals surface area (Å²) >= 11 is 0. The number of rotatable bonds is 1. The van der Waals surface area contributed by atoms with Crippen LogP contribution >= 0.6 is 12.4 Å². The molecule has 1 aliphatic heterocycles. The van der Waals surface area contributed by atoms with Crippen molar-refractivity contribution in [3.63, 3.8) is 0 Å². The molecule has 1 atom stereocenters. The number of hydrogen-bond donors (Lipinski definition) is 1. The summed E-state index contributed by atoms with van der Waals surface area (Å²) in [6.45, 7) is 2.59. The number of hydrogen-bond acceptors (Lipinski definition) is 1. The van der Waals surface area contributed by atoms with Gasteiger partial charge in [-0.15, -0.1) is 12.4 Å². The van der Waals surface area contributed by atoms with Crippen LogP contribution in [0.15, 0.2) is 0 Å². The quantitative estimate of drug-likeness (QED) is 0.619. The zero-order valence-electron chi connectivity index (χ0n) is 6.31. The maximum atomic E-state index is 3.42. The van der Waals surface area contributed by atoms with E-state index < -0.39 is 0 Å². The molecule has 0 bridgehead atoms. The fourth-order valence-electron chi connectivity index (χ4n) is 1.99. The molecule has 10 heavy (non-hydrogen) atoms. The van der Waals surface area contributed by atoms with Gasteiger partial charge in [-0.2, -0.15) is 0 Å². The average Bonchev–Trinajstić information content (AvgIpc) is 2.11. The van der Waals surface area contributed by atoms with Crippen LogP contribution in [0.1, 0.15) is 25.7 Å². The second kappa shape index (κ2) is 3.59. The summed E-state index contributed by atoms with van der Waals surface area (Å²) in [6.07, 6.45) is 5.99. The molecule has 1 aliphatic carbocycles. The predicted octanol–water partition coefficient (Wildman–Crippen LogP) is 1.82. The molecule has 1 heterocycles. The Hall–Kier alpha value is 0.250. The standard InChI is InChI=1S/C8H15N.ClH/c1-2-7(3-1)8-4-5-9-6-8;/h7-9H,1-6H2;1H. The molecule has 0 amide bonds. The fraction of sp³-hybridized carbons (Fsp3) is 1.00. The lowest BCUT2D eigenvalue weighted by molar-refractivity contribution is 0.220. The third kappa shape index (κ3) is 1.46. The van der Waals surface area contributed by atoms with E-state index in [1.165, 1.54) is 38.8 Å². The molecule has 60 valence electrons. The Bertz CT molecular complexity index is 95.4. The molecule has 0 aromatic rings. The Morgan fingerprint density at radius 1 is 1.00 bits per heavy atom. The van der Waals surface area contributed by atoms with E-state index in [1.807, 2.05) is 0 Å². The van der Waals surface area contributed by atoms with Gasteiger partial charge in [0.15, 0.2) is 0 Å². The molecule has 2 aliphatic rings. The van der Waals surface area contributed by atoms with Crippen molar-refractivity contribution in [1.29, 1.82) is 0 Å². The average molecular weight is 162 g/mol. The van der Waals surface area contributed by atoms with Crippen molar-refractivity contribution in [1.82, 2.24) is 5.32 Å². The lowest BCUT2D eigenvalue weighted by Crippen LogP contribution is -2.23. The molecular weight excluding hydrogens is 146 g/mol. The highest BCUT2D eigenvalue weighted by atomic mass is 35.5. The minimum atomic E-state index is 0. The SMILES string of the molecule is C1CC(C2CCNC2)C1.Cl. The van der Waals surface area contributed by atoms with E-state index in [-0.39, 0.29) is 12.4 Å². The van der Waals surface area contributed by atoms with E-state index in [0.717, 1.165) is 11.8 Å². The molecule has 0 radical (unpaired) electrons. The fourth-order valence-corrected chi connectivity index (χ4v) is 1.99. The minimum Gasteiger partial charge on any atom is -0.316 e. The molecule has 1 nitrogen and oxygen atoms in total. The normalized spacial score (nSPS) is 33.0. The van der Waals surface area contributed by atoms with E-state index in [2.05, 4.69) is 5.32 Å². The first-order valence-electron chi connectivity index (χ1n) is 4.17. The van der Waals surface area contributed by atoms with Crippen molar-refractivity contribution >= 4 is 12.4 Å². The highest BCUT2D eigenvalue weighted by Gasteiger charge is 2.28. The van der Waals surface area contributed by atoms with Gasteiger partial charge in [0.25, 0.3) is 0 Å². The summed E-state index contributed by atoms with van der Waals surface area (Å²) in [6, 6.07) is 0. The van der Waals surface area contributed by atoms with Crippen LogP contribution in [0.25, 0.3) is 0 Å². The zero-order valence-corrected chi connectivity index (χ0v) is 7.12. The van der Waals surface area contributed by atoms with Crippen molar-refractivity contribution in [2.75, 3.05) is 13.1 Å². The number of nitrogens with one attached hydrogen (secondary N) is 1. The smallest absolute Gasteiger partial charge is 0.00174 e. The summed E-state index contributed by atoms with van der Waals surface area (Å²) in [4.78, 5) is 0. The topological polar surface area (TPSA) is 12.0 Å². The molecule has 0 spiro atoms. The third-order valence-corrected chi connectivity index (χ3v) is 2.91. The lowest BCUT2D eigenvalue weighted by atomic mass is 9.75. The maximum absolute atomic E-state index is 3.42. The molecule has 1 unspecified atom stereocenters. The highest BCUT2D eigenvalue weighted by molar-refractivity contribution is 5.85. The van der Waals surface area contributed by atoms with E-state index in [9.17, 15) is 0 Å². The molecular formula is C8H16ClN. The summed E-state index contributed by atoms with van der Waals surface area (Å²) in [5.74, 6) is 2.17. The summed E-state index contributed by atoms with van der Waals surface area (Å²) < 4.78 is 0. The van der Waals surface area contributed by atoms with E-state index in [4.69, 9.17) is 0 Å². The van der Waals surface area contributed by atoms with Crippen molar-refractivity contribution in [3.8, 4) is 0 Å². The van der Waals surface area contributed by atoms with Crippen LogP contribution < -0.4 is 5.32 Å². The van der Waals surface area contributed by atoms with Crippen molar-refractivity contribution in [2.45, 2.75) is 25.7 Å². The van der Waals surface area contributed by atoms with Gasteiger partial charge in [-0.1, -0.05) is 19.3 Å². The van der Waals surface area contributed by atoms with Gasteiger partial charge >= 0.3 is 0 Å². The molecule has 1 saturated carbocycles. The Balaban J connectivity index is 0.000000500. The van der Waals surface area contributed by atoms with Crippen LogP contribution in [0.5, 0.6) is 0 Å².